The summed E-state index contributed by atoms with van der Waals surface area (Å²) in [6.45, 7) is 1.92. The molecule has 0 unspecified atom stereocenters. The second-order valence-corrected chi connectivity index (χ2v) is 7.78. The van der Waals surface area contributed by atoms with Crippen molar-refractivity contribution in [3.63, 3.8) is 0 Å². The summed E-state index contributed by atoms with van der Waals surface area (Å²) in [7, 11) is 0. The normalized spacial score (nSPS) is 21.4. The smallest absolute Gasteiger partial charge is 0.325 e. The third-order valence-electron chi connectivity index (χ3n) is 5.84. The van der Waals surface area contributed by atoms with Gasteiger partial charge in [-0.25, -0.2) is 9.18 Å². The molecule has 9 heteroatoms. The molecule has 1 aromatic rings. The molecular formula is C20H25FN4O4. The predicted molar refractivity (Wildman–Crippen MR) is 104 cm³/mol. The maximum Gasteiger partial charge on any atom is 0.325 e. The van der Waals surface area contributed by atoms with Crippen molar-refractivity contribution in [2.24, 2.45) is 0 Å². The average molecular weight is 404 g/mol. The lowest BCUT2D eigenvalue weighted by Crippen LogP contribution is -2.48. The molecule has 3 aliphatic rings. The summed E-state index contributed by atoms with van der Waals surface area (Å²) < 4.78 is 19.8. The molecule has 3 fully saturated rings. The van der Waals surface area contributed by atoms with Gasteiger partial charge in [0.2, 0.25) is 5.91 Å². The summed E-state index contributed by atoms with van der Waals surface area (Å²) in [5.74, 6) is -1.33. The molecular weight excluding hydrogens is 379 g/mol. The summed E-state index contributed by atoms with van der Waals surface area (Å²) in [6, 6.07) is 3.93. The first-order valence-corrected chi connectivity index (χ1v) is 10.0. The number of nitrogens with zero attached hydrogens (tertiary/aromatic N) is 2. The van der Waals surface area contributed by atoms with Crippen molar-refractivity contribution >= 4 is 29.2 Å². The van der Waals surface area contributed by atoms with Crippen LogP contribution in [0.5, 0.6) is 0 Å². The summed E-state index contributed by atoms with van der Waals surface area (Å²) in [5.41, 5.74) is -0.120. The number of carbonyl (C=O) groups is 3. The van der Waals surface area contributed by atoms with Gasteiger partial charge in [0.1, 0.15) is 17.9 Å². The van der Waals surface area contributed by atoms with Gasteiger partial charge < -0.3 is 20.3 Å². The van der Waals surface area contributed by atoms with E-state index in [9.17, 15) is 18.8 Å². The first-order valence-electron chi connectivity index (χ1n) is 10.0. The van der Waals surface area contributed by atoms with Crippen molar-refractivity contribution in [3.8, 4) is 0 Å². The van der Waals surface area contributed by atoms with Crippen LogP contribution < -0.4 is 15.5 Å². The topological polar surface area (TPSA) is 91.0 Å². The van der Waals surface area contributed by atoms with Gasteiger partial charge in [0.15, 0.2) is 0 Å². The zero-order valence-corrected chi connectivity index (χ0v) is 16.2. The number of hydrogen-bond donors (Lipinski definition) is 2. The van der Waals surface area contributed by atoms with E-state index in [1.807, 2.05) is 4.90 Å². The van der Waals surface area contributed by atoms with Crippen LogP contribution in [0, 0.1) is 5.82 Å². The summed E-state index contributed by atoms with van der Waals surface area (Å²) >= 11 is 0. The van der Waals surface area contributed by atoms with Crippen LogP contribution in [-0.4, -0.2) is 61.1 Å². The van der Waals surface area contributed by atoms with Crippen molar-refractivity contribution in [2.75, 3.05) is 43.1 Å². The Balaban J connectivity index is 1.39. The Kier molecular flexibility index (Phi) is 5.40. The minimum atomic E-state index is -0.860. The molecule has 1 aromatic carbocycles. The minimum absolute atomic E-state index is 0.281. The molecule has 156 valence electrons. The molecule has 2 saturated heterocycles. The van der Waals surface area contributed by atoms with Gasteiger partial charge in [-0.2, -0.15) is 0 Å². The number of anilines is 2. The lowest BCUT2D eigenvalue weighted by molar-refractivity contribution is -0.134. The molecule has 0 aromatic heterocycles. The molecule has 2 aliphatic heterocycles. The van der Waals surface area contributed by atoms with Crippen LogP contribution in [0.25, 0.3) is 0 Å². The van der Waals surface area contributed by atoms with Crippen molar-refractivity contribution < 1.29 is 23.5 Å². The molecule has 0 bridgehead atoms. The molecule has 1 saturated carbocycles. The van der Waals surface area contributed by atoms with E-state index >= 15 is 0 Å². The van der Waals surface area contributed by atoms with Crippen LogP contribution in [0.15, 0.2) is 18.2 Å². The number of ether oxygens (including phenoxy) is 1. The number of carbonyl (C=O) groups excluding carboxylic acids is 3. The van der Waals surface area contributed by atoms with E-state index in [-0.39, 0.29) is 18.1 Å². The van der Waals surface area contributed by atoms with E-state index in [2.05, 4.69) is 10.6 Å². The Morgan fingerprint density at radius 2 is 1.90 bits per heavy atom. The largest absolute Gasteiger partial charge is 0.378 e. The van der Waals surface area contributed by atoms with Crippen LogP contribution in [0.1, 0.15) is 32.1 Å². The SMILES string of the molecule is O=C(CN1C(=O)NC2(CCCCC2)C1=O)Nc1ccc(N2CCOCC2)c(F)c1. The van der Waals surface area contributed by atoms with Gasteiger partial charge >= 0.3 is 6.03 Å². The van der Waals surface area contributed by atoms with E-state index in [4.69, 9.17) is 4.74 Å². The number of nitrogens with one attached hydrogen (secondary N) is 2. The Hall–Kier alpha value is -2.68. The van der Waals surface area contributed by atoms with Crippen molar-refractivity contribution in [3.05, 3.63) is 24.0 Å². The number of rotatable bonds is 4. The number of urea groups is 1. The van der Waals surface area contributed by atoms with Gasteiger partial charge in [0.25, 0.3) is 5.91 Å². The van der Waals surface area contributed by atoms with Gasteiger partial charge in [-0.3, -0.25) is 14.5 Å². The lowest BCUT2D eigenvalue weighted by Gasteiger charge is -2.30. The monoisotopic (exact) mass is 404 g/mol. The number of amides is 4. The van der Waals surface area contributed by atoms with E-state index in [1.54, 1.807) is 12.1 Å². The number of benzene rings is 1. The highest BCUT2D eigenvalue weighted by molar-refractivity contribution is 6.10. The van der Waals surface area contributed by atoms with Crippen molar-refractivity contribution in [1.82, 2.24) is 10.2 Å². The summed E-state index contributed by atoms with van der Waals surface area (Å²) in [4.78, 5) is 40.2. The molecule has 1 aliphatic carbocycles. The number of morpholine rings is 1. The molecule has 0 radical (unpaired) electrons. The van der Waals surface area contributed by atoms with Crippen molar-refractivity contribution in [2.45, 2.75) is 37.6 Å². The minimum Gasteiger partial charge on any atom is -0.378 e. The van der Waals surface area contributed by atoms with E-state index < -0.39 is 23.3 Å². The van der Waals surface area contributed by atoms with Gasteiger partial charge in [0.05, 0.1) is 18.9 Å². The van der Waals surface area contributed by atoms with Gasteiger partial charge in [-0.1, -0.05) is 19.3 Å². The second-order valence-electron chi connectivity index (χ2n) is 7.78. The van der Waals surface area contributed by atoms with Crippen LogP contribution in [0.3, 0.4) is 0 Å². The molecule has 2 N–H and O–H groups in total. The Morgan fingerprint density at radius 3 is 2.59 bits per heavy atom. The fourth-order valence-electron chi connectivity index (χ4n) is 4.30. The standard InChI is InChI=1S/C20H25FN4O4/c21-15-12-14(4-5-16(15)24-8-10-29-11-9-24)22-17(26)13-25-18(27)20(23-19(25)28)6-2-1-3-7-20/h4-5,12H,1-3,6-11,13H2,(H,22,26)(H,23,28). The van der Waals surface area contributed by atoms with Gasteiger partial charge in [0, 0.05) is 18.8 Å². The molecule has 4 amide bonds. The van der Waals surface area contributed by atoms with Crippen molar-refractivity contribution in [1.29, 1.82) is 0 Å². The predicted octanol–water partition coefficient (Wildman–Crippen LogP) is 1.86. The lowest BCUT2D eigenvalue weighted by atomic mass is 9.82. The molecule has 8 nitrogen and oxygen atoms in total. The zero-order chi connectivity index (χ0) is 20.4. The highest BCUT2D eigenvalue weighted by atomic mass is 19.1. The number of halogens is 1. The van der Waals surface area contributed by atoms with Gasteiger partial charge in [-0.05, 0) is 31.0 Å². The molecule has 4 rings (SSSR count). The quantitative estimate of drug-likeness (QED) is 0.748. The highest BCUT2D eigenvalue weighted by Crippen LogP contribution is 2.33. The van der Waals surface area contributed by atoms with Crippen LogP contribution >= 0.6 is 0 Å². The molecule has 29 heavy (non-hydrogen) atoms. The second kappa shape index (κ2) is 7.98. The Morgan fingerprint density at radius 1 is 1.17 bits per heavy atom. The summed E-state index contributed by atoms with van der Waals surface area (Å²) in [5, 5.41) is 5.35. The molecule has 1 spiro atoms. The molecule has 0 atom stereocenters. The first-order chi connectivity index (χ1) is 14.0. The number of hydrogen-bond acceptors (Lipinski definition) is 5. The van der Waals surface area contributed by atoms with E-state index in [1.165, 1.54) is 6.07 Å². The zero-order valence-electron chi connectivity index (χ0n) is 16.2. The average Bonchev–Trinajstić information content (AvgIpc) is 2.93. The van der Waals surface area contributed by atoms with Crippen LogP contribution in [-0.2, 0) is 14.3 Å². The third-order valence-corrected chi connectivity index (χ3v) is 5.84. The maximum absolute atomic E-state index is 14.5. The summed E-state index contributed by atoms with van der Waals surface area (Å²) in [6.07, 6.45) is 3.99. The highest BCUT2D eigenvalue weighted by Gasteiger charge is 2.51. The third kappa shape index (κ3) is 3.91. The number of imide groups is 1. The maximum atomic E-state index is 14.5. The van der Waals surface area contributed by atoms with Gasteiger partial charge in [-0.15, -0.1) is 0 Å². The fourth-order valence-corrected chi connectivity index (χ4v) is 4.30. The first kappa shape index (κ1) is 19.6. The Labute approximate surface area is 168 Å². The van der Waals surface area contributed by atoms with E-state index in [0.29, 0.717) is 44.8 Å². The fraction of sp³-hybridized carbons (Fsp3) is 0.550. The van der Waals surface area contributed by atoms with Crippen LogP contribution in [0.2, 0.25) is 0 Å². The molecule has 2 heterocycles. The Bertz CT molecular complexity index is 819. The van der Waals surface area contributed by atoms with Crippen LogP contribution in [0.4, 0.5) is 20.6 Å². The van der Waals surface area contributed by atoms with E-state index in [0.717, 1.165) is 24.2 Å².